The van der Waals surface area contributed by atoms with Crippen molar-refractivity contribution in [2.75, 3.05) is 36.0 Å². The van der Waals surface area contributed by atoms with Crippen LogP contribution in [0.4, 0.5) is 11.5 Å². The molecule has 0 atom stereocenters. The first kappa shape index (κ1) is 18.9. The Balaban J connectivity index is 1.41. The van der Waals surface area contributed by atoms with Gasteiger partial charge in [0.2, 0.25) is 0 Å². The molecule has 0 aliphatic carbocycles. The van der Waals surface area contributed by atoms with Gasteiger partial charge in [0.25, 0.3) is 0 Å². The third kappa shape index (κ3) is 3.50. The van der Waals surface area contributed by atoms with Crippen LogP contribution < -0.4 is 9.80 Å². The molecule has 1 saturated heterocycles. The van der Waals surface area contributed by atoms with Gasteiger partial charge < -0.3 is 9.80 Å². The van der Waals surface area contributed by atoms with Gasteiger partial charge in [-0.05, 0) is 49.7 Å². The molecule has 1 aliphatic heterocycles. The monoisotopic (exact) mass is 417 g/mol. The van der Waals surface area contributed by atoms with Gasteiger partial charge in [0.1, 0.15) is 5.52 Å². The van der Waals surface area contributed by atoms with E-state index in [1.165, 1.54) is 22.4 Å². The Hall–Kier alpha value is -3.05. The van der Waals surface area contributed by atoms with E-state index >= 15 is 0 Å². The lowest BCUT2D eigenvalue weighted by Gasteiger charge is -2.36. The van der Waals surface area contributed by atoms with E-state index in [0.29, 0.717) is 0 Å². The van der Waals surface area contributed by atoms with Crippen molar-refractivity contribution in [3.05, 3.63) is 77.1 Å². The van der Waals surface area contributed by atoms with Crippen LogP contribution in [0.5, 0.6) is 0 Å². The molecule has 5 rings (SSSR count). The van der Waals surface area contributed by atoms with Crippen LogP contribution >= 0.6 is 11.6 Å². The first-order chi connectivity index (χ1) is 14.6. The van der Waals surface area contributed by atoms with Crippen molar-refractivity contribution in [1.82, 2.24) is 14.6 Å². The first-order valence-electron chi connectivity index (χ1n) is 10.3. The Morgan fingerprint density at radius 3 is 2.33 bits per heavy atom. The predicted molar refractivity (Wildman–Crippen MR) is 124 cm³/mol. The number of rotatable bonds is 3. The molecule has 2 aromatic heterocycles. The average molecular weight is 418 g/mol. The third-order valence-electron chi connectivity index (χ3n) is 5.80. The minimum atomic E-state index is 0.772. The van der Waals surface area contributed by atoms with Gasteiger partial charge in [-0.1, -0.05) is 35.4 Å². The summed E-state index contributed by atoms with van der Waals surface area (Å²) in [7, 11) is 0. The number of fused-ring (bicyclic) bond motifs is 1. The van der Waals surface area contributed by atoms with Gasteiger partial charge >= 0.3 is 0 Å². The summed E-state index contributed by atoms with van der Waals surface area (Å²) >= 11 is 6.03. The van der Waals surface area contributed by atoms with Crippen LogP contribution in [0.25, 0.3) is 16.8 Å². The number of piperazine rings is 1. The molecule has 0 amide bonds. The number of hydrogen-bond donors (Lipinski definition) is 0. The Kier molecular flexibility index (Phi) is 4.83. The maximum Gasteiger partial charge on any atom is 0.154 e. The zero-order valence-corrected chi connectivity index (χ0v) is 18.0. The van der Waals surface area contributed by atoms with E-state index in [-0.39, 0.29) is 0 Å². The highest BCUT2D eigenvalue weighted by atomic mass is 35.5. The fourth-order valence-corrected chi connectivity index (χ4v) is 4.34. The zero-order valence-electron chi connectivity index (χ0n) is 17.2. The van der Waals surface area contributed by atoms with Gasteiger partial charge in [-0.25, -0.2) is 9.50 Å². The van der Waals surface area contributed by atoms with E-state index < -0.39 is 0 Å². The fraction of sp³-hybridized carbons (Fsp3) is 0.250. The maximum atomic E-state index is 6.03. The zero-order chi connectivity index (χ0) is 20.7. The van der Waals surface area contributed by atoms with Crippen LogP contribution in [0.15, 0.2) is 60.9 Å². The van der Waals surface area contributed by atoms with Gasteiger partial charge in [-0.3, -0.25) is 0 Å². The van der Waals surface area contributed by atoms with Crippen LogP contribution in [0.2, 0.25) is 5.02 Å². The van der Waals surface area contributed by atoms with Crippen molar-refractivity contribution in [3.63, 3.8) is 0 Å². The van der Waals surface area contributed by atoms with Gasteiger partial charge in [-0.15, -0.1) is 0 Å². The Bertz CT molecular complexity index is 1190. The van der Waals surface area contributed by atoms with Crippen LogP contribution in [0.3, 0.4) is 0 Å². The molecule has 0 radical (unpaired) electrons. The molecule has 0 N–H and O–H groups in total. The molecule has 0 unspecified atom stereocenters. The number of hydrogen-bond acceptors (Lipinski definition) is 4. The van der Waals surface area contributed by atoms with Gasteiger partial charge in [0, 0.05) is 54.8 Å². The van der Waals surface area contributed by atoms with Crippen LogP contribution in [0, 0.1) is 13.8 Å². The molecule has 5 nitrogen and oxygen atoms in total. The second kappa shape index (κ2) is 7.65. The topological polar surface area (TPSA) is 36.7 Å². The molecule has 1 aliphatic rings. The lowest BCUT2D eigenvalue weighted by Crippen LogP contribution is -2.47. The molecule has 0 spiro atoms. The number of anilines is 2. The predicted octanol–water partition coefficient (Wildman–Crippen LogP) is 4.99. The fourth-order valence-electron chi connectivity index (χ4n) is 4.21. The first-order valence-corrected chi connectivity index (χ1v) is 10.6. The molecular weight excluding hydrogens is 394 g/mol. The summed E-state index contributed by atoms with van der Waals surface area (Å²) in [6.45, 7) is 7.98. The molecule has 6 heteroatoms. The van der Waals surface area contributed by atoms with E-state index in [9.17, 15) is 0 Å². The summed E-state index contributed by atoms with van der Waals surface area (Å²) in [5.41, 5.74) is 6.92. The number of aromatic nitrogens is 3. The third-order valence-corrected chi connectivity index (χ3v) is 6.05. The van der Waals surface area contributed by atoms with Crippen molar-refractivity contribution in [2.45, 2.75) is 13.8 Å². The highest BCUT2D eigenvalue weighted by Crippen LogP contribution is 2.29. The van der Waals surface area contributed by atoms with Crippen LogP contribution in [-0.4, -0.2) is 40.8 Å². The van der Waals surface area contributed by atoms with Crippen LogP contribution in [-0.2, 0) is 0 Å². The molecule has 0 saturated carbocycles. The smallest absolute Gasteiger partial charge is 0.154 e. The Labute approximate surface area is 181 Å². The van der Waals surface area contributed by atoms with Gasteiger partial charge in [-0.2, -0.15) is 5.10 Å². The summed E-state index contributed by atoms with van der Waals surface area (Å²) in [5, 5.41) is 5.60. The number of halogens is 1. The standard InChI is InChI=1S/C24H24ClN5/c1-17-3-8-21(18(2)15-17)22-16-23-24(26-9-10-30(23)27-22)29-13-11-28(12-14-29)20-6-4-19(25)5-7-20/h3-10,15-16H,11-14H2,1-2H3. The lowest BCUT2D eigenvalue weighted by molar-refractivity contribution is 0.647. The normalized spacial score (nSPS) is 14.5. The molecule has 2 aromatic carbocycles. The number of aryl methyl sites for hydroxylation is 2. The van der Waals surface area contributed by atoms with Crippen molar-refractivity contribution in [1.29, 1.82) is 0 Å². The Morgan fingerprint density at radius 2 is 1.60 bits per heavy atom. The van der Waals surface area contributed by atoms with Crippen molar-refractivity contribution in [3.8, 4) is 11.3 Å². The molecule has 3 heterocycles. The van der Waals surface area contributed by atoms with E-state index in [1.807, 2.05) is 29.0 Å². The second-order valence-corrected chi connectivity index (χ2v) is 8.32. The highest BCUT2D eigenvalue weighted by Gasteiger charge is 2.21. The minimum Gasteiger partial charge on any atom is -0.368 e. The molecule has 0 bridgehead atoms. The van der Waals surface area contributed by atoms with E-state index in [4.69, 9.17) is 21.7 Å². The average Bonchev–Trinajstić information content (AvgIpc) is 3.18. The molecular formula is C24H24ClN5. The molecule has 30 heavy (non-hydrogen) atoms. The van der Waals surface area contributed by atoms with E-state index in [1.54, 1.807) is 0 Å². The highest BCUT2D eigenvalue weighted by molar-refractivity contribution is 6.30. The number of nitrogens with zero attached hydrogens (tertiary/aromatic N) is 5. The second-order valence-electron chi connectivity index (χ2n) is 7.88. The van der Waals surface area contributed by atoms with Gasteiger partial charge in [0.15, 0.2) is 5.82 Å². The largest absolute Gasteiger partial charge is 0.368 e. The summed E-state index contributed by atoms with van der Waals surface area (Å²) in [6, 6.07) is 16.7. The van der Waals surface area contributed by atoms with E-state index in [0.717, 1.165) is 48.2 Å². The van der Waals surface area contributed by atoms with Crippen molar-refractivity contribution in [2.24, 2.45) is 0 Å². The summed E-state index contributed by atoms with van der Waals surface area (Å²) in [6.07, 6.45) is 3.77. The SMILES string of the molecule is Cc1ccc(-c2cc3c(N4CCN(c5ccc(Cl)cc5)CC4)nccn3n2)c(C)c1. The molecule has 1 fully saturated rings. The van der Waals surface area contributed by atoms with Crippen LogP contribution in [0.1, 0.15) is 11.1 Å². The summed E-state index contributed by atoms with van der Waals surface area (Å²) < 4.78 is 1.95. The summed E-state index contributed by atoms with van der Waals surface area (Å²) in [5.74, 6) is 0.997. The van der Waals surface area contributed by atoms with Crippen molar-refractivity contribution < 1.29 is 0 Å². The van der Waals surface area contributed by atoms with Crippen molar-refractivity contribution >= 4 is 28.6 Å². The summed E-state index contributed by atoms with van der Waals surface area (Å²) in [4.78, 5) is 9.46. The number of benzene rings is 2. The molecule has 152 valence electrons. The quantitative estimate of drug-likeness (QED) is 0.470. The van der Waals surface area contributed by atoms with E-state index in [2.05, 4.69) is 60.0 Å². The minimum absolute atomic E-state index is 0.772. The van der Waals surface area contributed by atoms with Gasteiger partial charge in [0.05, 0.1) is 5.69 Å². The lowest BCUT2D eigenvalue weighted by atomic mass is 10.0. The maximum absolute atomic E-state index is 6.03. The molecule has 4 aromatic rings. The Morgan fingerprint density at radius 1 is 0.867 bits per heavy atom.